The van der Waals surface area contributed by atoms with E-state index in [2.05, 4.69) is 77.9 Å². The second kappa shape index (κ2) is 20.4. The Bertz CT molecular complexity index is 989. The number of unbranched alkanes of at least 4 members (excludes halogenated alkanes) is 3. The number of benzene rings is 2. The Kier molecular flexibility index (Phi) is 18.5. The molecule has 0 amide bonds. The van der Waals surface area contributed by atoms with Gasteiger partial charge >= 0.3 is 0 Å². The Morgan fingerprint density at radius 3 is 1.26 bits per heavy atom. The van der Waals surface area contributed by atoms with Crippen LogP contribution in [0.15, 0.2) is 46.4 Å². The van der Waals surface area contributed by atoms with Gasteiger partial charge in [-0.15, -0.1) is 0 Å². The summed E-state index contributed by atoms with van der Waals surface area (Å²) in [5.41, 5.74) is 10.5. The van der Waals surface area contributed by atoms with Crippen LogP contribution in [0, 0.1) is 0 Å². The van der Waals surface area contributed by atoms with E-state index in [1.54, 1.807) is 0 Å². The van der Waals surface area contributed by atoms with Crippen molar-refractivity contribution >= 4 is 22.8 Å². The number of rotatable bonds is 18. The van der Waals surface area contributed by atoms with Crippen LogP contribution >= 0.6 is 0 Å². The Hall–Kier alpha value is -1.56. The fraction of sp³-hybridized carbons (Fsp3) is 0.600. The van der Waals surface area contributed by atoms with Gasteiger partial charge in [-0.3, -0.25) is 9.98 Å². The molecule has 0 spiro atoms. The van der Waals surface area contributed by atoms with Gasteiger partial charge in [-0.2, -0.15) is 0 Å². The van der Waals surface area contributed by atoms with Gasteiger partial charge in [-0.05, 0) is 97.9 Å². The molecular formula is C35H54N2Pd. The topological polar surface area (TPSA) is 24.7 Å². The number of aryl methyl sites for hydroxylation is 4. The quantitative estimate of drug-likeness (QED) is 0.0913. The molecule has 0 aliphatic carbocycles. The normalized spacial score (nSPS) is 12.1. The van der Waals surface area contributed by atoms with Crippen molar-refractivity contribution < 1.29 is 20.4 Å². The van der Waals surface area contributed by atoms with Crippen molar-refractivity contribution in [1.29, 1.82) is 0 Å². The zero-order valence-corrected chi connectivity index (χ0v) is 26.8. The molecule has 0 unspecified atom stereocenters. The van der Waals surface area contributed by atoms with Gasteiger partial charge in [0.25, 0.3) is 0 Å². The van der Waals surface area contributed by atoms with Crippen LogP contribution in [-0.4, -0.2) is 11.4 Å². The molecule has 2 aromatic carbocycles. The molecule has 0 aliphatic heterocycles. The van der Waals surface area contributed by atoms with E-state index in [0.717, 1.165) is 56.3 Å². The molecule has 0 bridgehead atoms. The summed E-state index contributed by atoms with van der Waals surface area (Å²) in [5, 5.41) is 0. The summed E-state index contributed by atoms with van der Waals surface area (Å²) in [6, 6.07) is 13.8. The summed E-state index contributed by atoms with van der Waals surface area (Å²) < 4.78 is 0. The Morgan fingerprint density at radius 1 is 0.474 bits per heavy atom. The molecule has 0 heterocycles. The molecular weight excluding hydrogens is 555 g/mol. The van der Waals surface area contributed by atoms with Gasteiger partial charge < -0.3 is 0 Å². The summed E-state index contributed by atoms with van der Waals surface area (Å²) in [4.78, 5) is 10.6. The van der Waals surface area contributed by atoms with E-state index in [4.69, 9.17) is 9.98 Å². The average Bonchev–Trinajstić information content (AvgIpc) is 2.89. The molecule has 214 valence electrons. The van der Waals surface area contributed by atoms with Crippen molar-refractivity contribution in [2.75, 3.05) is 0 Å². The summed E-state index contributed by atoms with van der Waals surface area (Å²) >= 11 is 0. The van der Waals surface area contributed by atoms with Gasteiger partial charge in [-0.25, -0.2) is 0 Å². The third kappa shape index (κ3) is 11.7. The van der Waals surface area contributed by atoms with Gasteiger partial charge in [0, 0.05) is 20.4 Å². The third-order valence-electron chi connectivity index (χ3n) is 7.10. The molecule has 0 saturated heterocycles. The van der Waals surface area contributed by atoms with Crippen LogP contribution in [0.4, 0.5) is 11.4 Å². The summed E-state index contributed by atoms with van der Waals surface area (Å²) in [6.07, 6.45) is 17.2. The minimum Gasteiger partial charge on any atom is -0.252 e. The number of aliphatic imine (C=N–C) groups is 2. The van der Waals surface area contributed by atoms with Gasteiger partial charge in [0.05, 0.1) is 22.8 Å². The van der Waals surface area contributed by atoms with Crippen molar-refractivity contribution in [3.05, 3.63) is 58.7 Å². The first-order valence-corrected chi connectivity index (χ1v) is 15.5. The van der Waals surface area contributed by atoms with Crippen molar-refractivity contribution in [2.24, 2.45) is 9.98 Å². The van der Waals surface area contributed by atoms with Crippen LogP contribution in [0.2, 0.25) is 0 Å². The second-order valence-corrected chi connectivity index (χ2v) is 10.6. The third-order valence-corrected chi connectivity index (χ3v) is 7.10. The number of nitrogens with zero attached hydrogens (tertiary/aromatic N) is 2. The van der Waals surface area contributed by atoms with Crippen molar-refractivity contribution in [2.45, 2.75) is 138 Å². The molecule has 0 aromatic heterocycles. The maximum Gasteiger partial charge on any atom is 0.0636 e. The maximum absolute atomic E-state index is 5.32. The molecule has 2 aromatic rings. The van der Waals surface area contributed by atoms with E-state index in [1.165, 1.54) is 85.0 Å². The predicted octanol–water partition coefficient (Wildman–Crippen LogP) is 11.1. The van der Waals surface area contributed by atoms with Crippen LogP contribution in [0.25, 0.3) is 0 Å². The molecule has 0 saturated carbocycles. The molecule has 2 rings (SSSR count). The number of hydrogen-bond acceptors (Lipinski definition) is 2. The predicted molar refractivity (Wildman–Crippen MR) is 167 cm³/mol. The van der Waals surface area contributed by atoms with Gasteiger partial charge in [-0.1, -0.05) is 98.6 Å². The molecule has 0 fully saturated rings. The van der Waals surface area contributed by atoms with E-state index in [0.29, 0.717) is 0 Å². The van der Waals surface area contributed by atoms with Gasteiger partial charge in [0.1, 0.15) is 0 Å². The monoisotopic (exact) mass is 608 g/mol. The minimum atomic E-state index is 0. The zero-order chi connectivity index (χ0) is 26.9. The zero-order valence-electron chi connectivity index (χ0n) is 25.3. The van der Waals surface area contributed by atoms with E-state index in [1.807, 2.05) is 0 Å². The summed E-state index contributed by atoms with van der Waals surface area (Å²) in [5.74, 6) is 0. The standard InChI is InChI=1S/C35H54N2.Pd/c1-7-13-15-21-35(37-33-25-23-29(17-10-4)31(27-33)19-12-6)34(20-14-8-2)36-32-24-22-28(16-9-3)30(26-32)18-11-5;/h22-27H,7-21H2,1-6H3;/b36-34+,37-35+;. The molecule has 38 heavy (non-hydrogen) atoms. The van der Waals surface area contributed by atoms with Crippen molar-refractivity contribution in [3.63, 3.8) is 0 Å². The second-order valence-electron chi connectivity index (χ2n) is 10.6. The van der Waals surface area contributed by atoms with Crippen LogP contribution in [0.5, 0.6) is 0 Å². The SMILES string of the molecule is CCCCCC(=N\c1ccc(CCC)c(CCC)c1)/C(CCCC)=N/c1ccc(CCC)c(CCC)c1.[Pd]. The van der Waals surface area contributed by atoms with Gasteiger partial charge in [0.2, 0.25) is 0 Å². The van der Waals surface area contributed by atoms with E-state index in [9.17, 15) is 0 Å². The number of hydrogen-bond donors (Lipinski definition) is 0. The molecule has 2 nitrogen and oxygen atoms in total. The minimum absolute atomic E-state index is 0. The Balaban J connectivity index is 0.00000722. The van der Waals surface area contributed by atoms with Crippen LogP contribution in [0.1, 0.15) is 134 Å². The van der Waals surface area contributed by atoms with E-state index >= 15 is 0 Å². The summed E-state index contributed by atoms with van der Waals surface area (Å²) in [6.45, 7) is 13.6. The Labute approximate surface area is 248 Å². The van der Waals surface area contributed by atoms with E-state index in [-0.39, 0.29) is 20.4 Å². The molecule has 0 atom stereocenters. The van der Waals surface area contributed by atoms with Crippen LogP contribution in [0.3, 0.4) is 0 Å². The van der Waals surface area contributed by atoms with Crippen LogP contribution in [-0.2, 0) is 46.1 Å². The van der Waals surface area contributed by atoms with Crippen molar-refractivity contribution in [1.82, 2.24) is 0 Å². The molecule has 3 heteroatoms. The maximum atomic E-state index is 5.32. The molecule has 0 N–H and O–H groups in total. The molecule has 0 radical (unpaired) electrons. The fourth-order valence-corrected chi connectivity index (χ4v) is 5.12. The Morgan fingerprint density at radius 2 is 0.868 bits per heavy atom. The van der Waals surface area contributed by atoms with Crippen molar-refractivity contribution in [3.8, 4) is 0 Å². The van der Waals surface area contributed by atoms with Gasteiger partial charge in [0.15, 0.2) is 0 Å². The first-order valence-electron chi connectivity index (χ1n) is 15.5. The summed E-state index contributed by atoms with van der Waals surface area (Å²) in [7, 11) is 0. The van der Waals surface area contributed by atoms with Crippen LogP contribution < -0.4 is 0 Å². The van der Waals surface area contributed by atoms with E-state index < -0.39 is 0 Å². The largest absolute Gasteiger partial charge is 0.252 e. The first kappa shape index (κ1) is 34.5. The fourth-order valence-electron chi connectivity index (χ4n) is 5.12. The average molecular weight is 609 g/mol. The molecule has 0 aliphatic rings. The first-order chi connectivity index (χ1) is 18.1. The smallest absolute Gasteiger partial charge is 0.0636 e.